The van der Waals surface area contributed by atoms with E-state index in [2.05, 4.69) is 5.32 Å². The molecular formula is C14H18N2O2S. The van der Waals surface area contributed by atoms with Gasteiger partial charge in [0, 0.05) is 0 Å². The smallest absolute Gasteiger partial charge is 0.240 e. The Kier molecular flexibility index (Phi) is 4.47. The van der Waals surface area contributed by atoms with Crippen molar-refractivity contribution in [2.75, 3.05) is 18.2 Å². The second kappa shape index (κ2) is 6.10. The summed E-state index contributed by atoms with van der Waals surface area (Å²) in [7, 11) is 0. The molecule has 1 aromatic carbocycles. The topological polar surface area (TPSA) is 49.4 Å². The minimum absolute atomic E-state index is 0.0425. The maximum Gasteiger partial charge on any atom is 0.240 e. The van der Waals surface area contributed by atoms with Crippen molar-refractivity contribution >= 4 is 23.6 Å². The molecule has 2 amide bonds. The Balaban J connectivity index is 1.92. The lowest BCUT2D eigenvalue weighted by molar-refractivity contribution is -0.132. The lowest BCUT2D eigenvalue weighted by Crippen LogP contribution is -2.39. The van der Waals surface area contributed by atoms with Gasteiger partial charge in [-0.15, -0.1) is 11.8 Å². The lowest BCUT2D eigenvalue weighted by atomic mass is 10.0. The first-order chi connectivity index (χ1) is 9.08. The summed E-state index contributed by atoms with van der Waals surface area (Å²) in [6.07, 6.45) is 0. The number of aryl methyl sites for hydroxylation is 1. The first-order valence-electron chi connectivity index (χ1n) is 6.28. The zero-order valence-electron chi connectivity index (χ0n) is 11.2. The van der Waals surface area contributed by atoms with Crippen molar-refractivity contribution in [1.29, 1.82) is 0 Å². The van der Waals surface area contributed by atoms with Crippen molar-refractivity contribution < 1.29 is 9.59 Å². The fourth-order valence-corrected chi connectivity index (χ4v) is 3.06. The van der Waals surface area contributed by atoms with Crippen molar-refractivity contribution in [3.63, 3.8) is 0 Å². The number of rotatable bonds is 4. The second-order valence-corrected chi connectivity index (χ2v) is 5.67. The molecule has 0 bridgehead atoms. The SMILES string of the molecule is Cc1ccccc1[C@H](C)NC(=O)CN1CSCC1=O. The Morgan fingerprint density at radius 3 is 2.84 bits per heavy atom. The third-order valence-corrected chi connectivity index (χ3v) is 4.14. The summed E-state index contributed by atoms with van der Waals surface area (Å²) in [5, 5.41) is 2.94. The van der Waals surface area contributed by atoms with E-state index in [1.54, 1.807) is 16.7 Å². The molecule has 0 unspecified atom stereocenters. The third kappa shape index (κ3) is 3.50. The normalized spacial score (nSPS) is 16.5. The summed E-state index contributed by atoms with van der Waals surface area (Å²) in [5.41, 5.74) is 2.26. The van der Waals surface area contributed by atoms with Crippen LogP contribution in [0.5, 0.6) is 0 Å². The van der Waals surface area contributed by atoms with E-state index in [-0.39, 0.29) is 24.4 Å². The number of carbonyl (C=O) groups excluding carboxylic acids is 2. The molecule has 1 fully saturated rings. The molecule has 5 heteroatoms. The minimum Gasteiger partial charge on any atom is -0.348 e. The van der Waals surface area contributed by atoms with Gasteiger partial charge in [0.2, 0.25) is 11.8 Å². The highest BCUT2D eigenvalue weighted by atomic mass is 32.2. The van der Waals surface area contributed by atoms with Crippen LogP contribution in [-0.4, -0.2) is 34.9 Å². The molecule has 1 aliphatic rings. The van der Waals surface area contributed by atoms with Crippen LogP contribution in [-0.2, 0) is 9.59 Å². The number of hydrogen-bond donors (Lipinski definition) is 1. The predicted molar refractivity (Wildman–Crippen MR) is 76.8 cm³/mol. The van der Waals surface area contributed by atoms with Gasteiger partial charge in [-0.25, -0.2) is 0 Å². The van der Waals surface area contributed by atoms with Crippen LogP contribution in [0.4, 0.5) is 0 Å². The van der Waals surface area contributed by atoms with Crippen LogP contribution in [0.3, 0.4) is 0 Å². The summed E-state index contributed by atoms with van der Waals surface area (Å²) in [5.74, 6) is 1.04. The van der Waals surface area contributed by atoms with E-state index in [0.717, 1.165) is 11.1 Å². The molecule has 0 saturated carbocycles. The Morgan fingerprint density at radius 1 is 1.47 bits per heavy atom. The van der Waals surface area contributed by atoms with Crippen molar-refractivity contribution in [2.45, 2.75) is 19.9 Å². The summed E-state index contributed by atoms with van der Waals surface area (Å²) in [6, 6.07) is 7.94. The second-order valence-electron chi connectivity index (χ2n) is 4.72. The number of hydrogen-bond acceptors (Lipinski definition) is 3. The largest absolute Gasteiger partial charge is 0.348 e. The molecule has 4 nitrogen and oxygen atoms in total. The maximum absolute atomic E-state index is 11.9. The van der Waals surface area contributed by atoms with E-state index in [1.807, 2.05) is 38.1 Å². The molecule has 1 aliphatic heterocycles. The molecule has 1 N–H and O–H groups in total. The van der Waals surface area contributed by atoms with E-state index >= 15 is 0 Å². The zero-order chi connectivity index (χ0) is 13.8. The first-order valence-corrected chi connectivity index (χ1v) is 7.44. The van der Waals surface area contributed by atoms with Gasteiger partial charge in [-0.1, -0.05) is 24.3 Å². The molecule has 0 radical (unpaired) electrons. The van der Waals surface area contributed by atoms with Crippen molar-refractivity contribution in [3.05, 3.63) is 35.4 Å². The van der Waals surface area contributed by atoms with Crippen molar-refractivity contribution in [1.82, 2.24) is 10.2 Å². The van der Waals surface area contributed by atoms with Gasteiger partial charge in [-0.2, -0.15) is 0 Å². The van der Waals surface area contributed by atoms with Crippen molar-refractivity contribution in [3.8, 4) is 0 Å². The van der Waals surface area contributed by atoms with Gasteiger partial charge in [0.05, 0.1) is 17.7 Å². The first kappa shape index (κ1) is 13.9. The highest BCUT2D eigenvalue weighted by Crippen LogP contribution is 2.17. The minimum atomic E-state index is -0.105. The fraction of sp³-hybridized carbons (Fsp3) is 0.429. The number of nitrogens with zero attached hydrogens (tertiary/aromatic N) is 1. The lowest BCUT2D eigenvalue weighted by Gasteiger charge is -2.19. The van der Waals surface area contributed by atoms with Crippen LogP contribution in [0.2, 0.25) is 0 Å². The maximum atomic E-state index is 11.9. The summed E-state index contributed by atoms with van der Waals surface area (Å²) in [4.78, 5) is 25.0. The zero-order valence-corrected chi connectivity index (χ0v) is 12.0. The molecule has 1 heterocycles. The molecule has 19 heavy (non-hydrogen) atoms. The Bertz CT molecular complexity index is 490. The summed E-state index contributed by atoms with van der Waals surface area (Å²) >= 11 is 1.55. The third-order valence-electron chi connectivity index (χ3n) is 3.19. The van der Waals surface area contributed by atoms with Crippen LogP contribution in [0.1, 0.15) is 24.1 Å². The van der Waals surface area contributed by atoms with Crippen LogP contribution in [0.15, 0.2) is 24.3 Å². The van der Waals surface area contributed by atoms with Gasteiger partial charge >= 0.3 is 0 Å². The Labute approximate surface area is 117 Å². The monoisotopic (exact) mass is 278 g/mol. The van der Waals surface area contributed by atoms with Gasteiger partial charge < -0.3 is 10.2 Å². The van der Waals surface area contributed by atoms with Gasteiger partial charge in [0.1, 0.15) is 6.54 Å². The average molecular weight is 278 g/mol. The molecule has 0 aromatic heterocycles. The van der Waals surface area contributed by atoms with Crippen LogP contribution in [0, 0.1) is 6.92 Å². The van der Waals surface area contributed by atoms with Gasteiger partial charge in [-0.3, -0.25) is 9.59 Å². The standard InChI is InChI=1S/C14H18N2O2S/c1-10-5-3-4-6-12(10)11(2)15-13(17)7-16-9-19-8-14(16)18/h3-6,11H,7-9H2,1-2H3,(H,15,17)/t11-/m0/s1. The molecule has 0 spiro atoms. The average Bonchev–Trinajstić information content (AvgIpc) is 2.75. The predicted octanol–water partition coefficient (Wildman–Crippen LogP) is 1.71. The van der Waals surface area contributed by atoms with Crippen LogP contribution < -0.4 is 5.32 Å². The number of thioether (sulfide) groups is 1. The van der Waals surface area contributed by atoms with E-state index in [0.29, 0.717) is 11.6 Å². The molecule has 1 atom stereocenters. The van der Waals surface area contributed by atoms with E-state index in [9.17, 15) is 9.59 Å². The summed E-state index contributed by atoms with van der Waals surface area (Å²) in [6.45, 7) is 4.14. The van der Waals surface area contributed by atoms with E-state index in [4.69, 9.17) is 0 Å². The highest BCUT2D eigenvalue weighted by Gasteiger charge is 2.23. The Hall–Kier alpha value is -1.49. The Morgan fingerprint density at radius 2 is 2.21 bits per heavy atom. The fourth-order valence-electron chi connectivity index (χ4n) is 2.15. The summed E-state index contributed by atoms with van der Waals surface area (Å²) < 4.78 is 0. The van der Waals surface area contributed by atoms with Gasteiger partial charge in [0.25, 0.3) is 0 Å². The highest BCUT2D eigenvalue weighted by molar-refractivity contribution is 8.00. The molecular weight excluding hydrogens is 260 g/mol. The molecule has 0 aliphatic carbocycles. The van der Waals surface area contributed by atoms with E-state index < -0.39 is 0 Å². The van der Waals surface area contributed by atoms with Gasteiger partial charge in [-0.05, 0) is 25.0 Å². The quantitative estimate of drug-likeness (QED) is 0.912. The molecule has 1 saturated heterocycles. The molecule has 102 valence electrons. The van der Waals surface area contributed by atoms with Crippen LogP contribution >= 0.6 is 11.8 Å². The molecule has 1 aromatic rings. The van der Waals surface area contributed by atoms with Crippen LogP contribution in [0.25, 0.3) is 0 Å². The van der Waals surface area contributed by atoms with Crippen molar-refractivity contribution in [2.24, 2.45) is 0 Å². The number of carbonyl (C=O) groups is 2. The van der Waals surface area contributed by atoms with Gasteiger partial charge in [0.15, 0.2) is 0 Å². The molecule has 2 rings (SSSR count). The van der Waals surface area contributed by atoms with E-state index in [1.165, 1.54) is 0 Å². The number of nitrogens with one attached hydrogen (secondary N) is 1. The number of benzene rings is 1. The number of amides is 2.